The van der Waals surface area contributed by atoms with Gasteiger partial charge in [0.1, 0.15) is 0 Å². The molecule has 1 atom stereocenters. The van der Waals surface area contributed by atoms with Gasteiger partial charge in [0, 0.05) is 12.3 Å². The maximum Gasteiger partial charge on any atom is 0.220 e. The van der Waals surface area contributed by atoms with E-state index < -0.39 is 0 Å². The third-order valence-corrected chi connectivity index (χ3v) is 3.07. The fourth-order valence-electron chi connectivity index (χ4n) is 1.67. The second-order valence-electron chi connectivity index (χ2n) is 4.18. The first kappa shape index (κ1) is 14.0. The standard InChI is InChI=1S/C14H20ClNO/c1-3-12-6-8-13(9-7-12)11(2)16-14(17)5-4-10-15/h6-9,11H,3-5,10H2,1-2H3,(H,16,17). The Morgan fingerprint density at radius 1 is 1.35 bits per heavy atom. The summed E-state index contributed by atoms with van der Waals surface area (Å²) in [7, 11) is 0. The van der Waals surface area contributed by atoms with Crippen LogP contribution in [0.2, 0.25) is 0 Å². The number of nitrogens with one attached hydrogen (secondary N) is 1. The van der Waals surface area contributed by atoms with E-state index in [-0.39, 0.29) is 11.9 Å². The molecule has 94 valence electrons. The summed E-state index contributed by atoms with van der Waals surface area (Å²) in [4.78, 5) is 11.5. The van der Waals surface area contributed by atoms with E-state index in [0.29, 0.717) is 12.3 Å². The van der Waals surface area contributed by atoms with E-state index in [2.05, 4.69) is 36.5 Å². The van der Waals surface area contributed by atoms with Crippen molar-refractivity contribution in [2.24, 2.45) is 0 Å². The molecule has 0 aromatic heterocycles. The lowest BCUT2D eigenvalue weighted by Gasteiger charge is -2.14. The zero-order valence-corrected chi connectivity index (χ0v) is 11.3. The van der Waals surface area contributed by atoms with E-state index >= 15 is 0 Å². The Kier molecular flexibility index (Phi) is 6.06. The topological polar surface area (TPSA) is 29.1 Å². The zero-order valence-electron chi connectivity index (χ0n) is 10.5. The fraction of sp³-hybridized carbons (Fsp3) is 0.500. The molecule has 0 aliphatic heterocycles. The number of hydrogen-bond acceptors (Lipinski definition) is 1. The number of alkyl halides is 1. The summed E-state index contributed by atoms with van der Waals surface area (Å²) in [5.41, 5.74) is 2.45. The molecule has 0 aliphatic rings. The molecule has 0 heterocycles. The summed E-state index contributed by atoms with van der Waals surface area (Å²) in [5.74, 6) is 0.602. The van der Waals surface area contributed by atoms with Gasteiger partial charge in [-0.05, 0) is 30.9 Å². The first-order valence-corrected chi connectivity index (χ1v) is 6.65. The van der Waals surface area contributed by atoms with Gasteiger partial charge in [-0.2, -0.15) is 0 Å². The van der Waals surface area contributed by atoms with Crippen molar-refractivity contribution in [2.75, 3.05) is 5.88 Å². The van der Waals surface area contributed by atoms with Crippen molar-refractivity contribution in [3.05, 3.63) is 35.4 Å². The van der Waals surface area contributed by atoms with Crippen LogP contribution < -0.4 is 5.32 Å². The summed E-state index contributed by atoms with van der Waals surface area (Å²) >= 11 is 5.55. The number of carbonyl (C=O) groups is 1. The van der Waals surface area contributed by atoms with Gasteiger partial charge < -0.3 is 5.32 Å². The molecule has 1 aromatic rings. The van der Waals surface area contributed by atoms with Crippen molar-refractivity contribution in [1.29, 1.82) is 0 Å². The molecule has 0 aliphatic carbocycles. The SMILES string of the molecule is CCc1ccc(C(C)NC(=O)CCCCl)cc1. The van der Waals surface area contributed by atoms with E-state index in [1.54, 1.807) is 0 Å². The number of amides is 1. The molecule has 3 heteroatoms. The monoisotopic (exact) mass is 253 g/mol. The van der Waals surface area contributed by atoms with Crippen LogP contribution in [0.25, 0.3) is 0 Å². The van der Waals surface area contributed by atoms with Crippen LogP contribution in [0, 0.1) is 0 Å². The molecule has 0 radical (unpaired) electrons. The van der Waals surface area contributed by atoms with Crippen LogP contribution in [0.1, 0.15) is 43.9 Å². The molecule has 0 bridgehead atoms. The van der Waals surface area contributed by atoms with Gasteiger partial charge in [-0.1, -0.05) is 31.2 Å². The van der Waals surface area contributed by atoms with Crippen molar-refractivity contribution in [3.63, 3.8) is 0 Å². The summed E-state index contributed by atoms with van der Waals surface area (Å²) in [6.45, 7) is 4.13. The molecule has 1 N–H and O–H groups in total. The molecule has 0 fully saturated rings. The van der Waals surface area contributed by atoms with Crippen molar-refractivity contribution < 1.29 is 4.79 Å². The first-order valence-electron chi connectivity index (χ1n) is 6.11. The number of benzene rings is 1. The summed E-state index contributed by atoms with van der Waals surface area (Å²) in [6.07, 6.45) is 2.27. The molecule has 1 unspecified atom stereocenters. The maximum atomic E-state index is 11.5. The van der Waals surface area contributed by atoms with Gasteiger partial charge in [-0.15, -0.1) is 11.6 Å². The van der Waals surface area contributed by atoms with Crippen molar-refractivity contribution in [1.82, 2.24) is 5.32 Å². The Morgan fingerprint density at radius 2 is 2.00 bits per heavy atom. The van der Waals surface area contributed by atoms with Crippen molar-refractivity contribution >= 4 is 17.5 Å². The average molecular weight is 254 g/mol. The smallest absolute Gasteiger partial charge is 0.220 e. The third kappa shape index (κ3) is 4.78. The minimum atomic E-state index is 0.0590. The average Bonchev–Trinajstić information content (AvgIpc) is 2.36. The molecule has 0 saturated carbocycles. The minimum Gasteiger partial charge on any atom is -0.350 e. The Hall–Kier alpha value is -1.02. The van der Waals surface area contributed by atoms with Crippen LogP contribution in [0.5, 0.6) is 0 Å². The highest BCUT2D eigenvalue weighted by molar-refractivity contribution is 6.17. The Balaban J connectivity index is 2.51. The summed E-state index contributed by atoms with van der Waals surface area (Å²) in [6, 6.07) is 8.42. The van der Waals surface area contributed by atoms with E-state index in [1.165, 1.54) is 5.56 Å². The van der Waals surface area contributed by atoms with Gasteiger partial charge in [0.25, 0.3) is 0 Å². The van der Waals surface area contributed by atoms with Gasteiger partial charge >= 0.3 is 0 Å². The first-order chi connectivity index (χ1) is 8.17. The lowest BCUT2D eigenvalue weighted by molar-refractivity contribution is -0.121. The van der Waals surface area contributed by atoms with Crippen molar-refractivity contribution in [3.8, 4) is 0 Å². The van der Waals surface area contributed by atoms with Crippen LogP contribution in [0.3, 0.4) is 0 Å². The van der Waals surface area contributed by atoms with Crippen LogP contribution >= 0.6 is 11.6 Å². The Bertz CT molecular complexity index is 348. The Labute approximate surface area is 108 Å². The minimum absolute atomic E-state index is 0.0590. The van der Waals surface area contributed by atoms with Gasteiger partial charge in [-0.3, -0.25) is 4.79 Å². The highest BCUT2D eigenvalue weighted by Crippen LogP contribution is 2.14. The second-order valence-corrected chi connectivity index (χ2v) is 4.55. The maximum absolute atomic E-state index is 11.5. The molecule has 0 saturated heterocycles. The largest absolute Gasteiger partial charge is 0.350 e. The predicted molar refractivity (Wildman–Crippen MR) is 72.3 cm³/mol. The number of rotatable bonds is 6. The second kappa shape index (κ2) is 7.33. The third-order valence-electron chi connectivity index (χ3n) is 2.80. The van der Waals surface area contributed by atoms with E-state index in [0.717, 1.165) is 18.4 Å². The number of carbonyl (C=O) groups excluding carboxylic acids is 1. The van der Waals surface area contributed by atoms with Crippen molar-refractivity contribution in [2.45, 2.75) is 39.2 Å². The number of aryl methyl sites for hydroxylation is 1. The molecule has 17 heavy (non-hydrogen) atoms. The van der Waals surface area contributed by atoms with E-state index in [1.807, 2.05) is 6.92 Å². The van der Waals surface area contributed by atoms with Gasteiger partial charge in [0.2, 0.25) is 5.91 Å². The van der Waals surface area contributed by atoms with Crippen LogP contribution in [0.4, 0.5) is 0 Å². The molecular formula is C14H20ClNO. The van der Waals surface area contributed by atoms with Gasteiger partial charge in [-0.25, -0.2) is 0 Å². The predicted octanol–water partition coefficient (Wildman–Crippen LogP) is 3.45. The van der Waals surface area contributed by atoms with E-state index in [4.69, 9.17) is 11.6 Å². The van der Waals surface area contributed by atoms with E-state index in [9.17, 15) is 4.79 Å². The van der Waals surface area contributed by atoms with Crippen LogP contribution in [0.15, 0.2) is 24.3 Å². The molecular weight excluding hydrogens is 234 g/mol. The van der Waals surface area contributed by atoms with Gasteiger partial charge in [0.05, 0.1) is 6.04 Å². The fourth-order valence-corrected chi connectivity index (χ4v) is 1.80. The summed E-state index contributed by atoms with van der Waals surface area (Å²) < 4.78 is 0. The highest BCUT2D eigenvalue weighted by atomic mass is 35.5. The summed E-state index contributed by atoms with van der Waals surface area (Å²) in [5, 5.41) is 2.97. The van der Waals surface area contributed by atoms with Crippen LogP contribution in [-0.2, 0) is 11.2 Å². The Morgan fingerprint density at radius 3 is 2.53 bits per heavy atom. The quantitative estimate of drug-likeness (QED) is 0.773. The number of hydrogen-bond donors (Lipinski definition) is 1. The van der Waals surface area contributed by atoms with Gasteiger partial charge in [0.15, 0.2) is 0 Å². The lowest BCUT2D eigenvalue weighted by Crippen LogP contribution is -2.26. The normalized spacial score (nSPS) is 12.2. The number of halogens is 1. The lowest BCUT2D eigenvalue weighted by atomic mass is 10.0. The molecule has 1 rings (SSSR count). The molecule has 2 nitrogen and oxygen atoms in total. The van der Waals surface area contributed by atoms with Crippen LogP contribution in [-0.4, -0.2) is 11.8 Å². The molecule has 1 amide bonds. The molecule has 0 spiro atoms. The molecule has 1 aromatic carbocycles. The zero-order chi connectivity index (χ0) is 12.7. The highest BCUT2D eigenvalue weighted by Gasteiger charge is 2.08.